The molecule has 0 saturated heterocycles. The highest BCUT2D eigenvalue weighted by molar-refractivity contribution is 7.18. The molecular weight excluding hydrogens is 418 g/mol. The molecule has 3 aromatic rings. The van der Waals surface area contributed by atoms with Gasteiger partial charge in [-0.25, -0.2) is 4.79 Å². The predicted molar refractivity (Wildman–Crippen MR) is 121 cm³/mol. The maximum absolute atomic E-state index is 13.2. The molecule has 1 aromatic carbocycles. The van der Waals surface area contributed by atoms with E-state index in [1.807, 2.05) is 24.3 Å². The third kappa shape index (κ3) is 4.14. The zero-order valence-electron chi connectivity index (χ0n) is 17.3. The van der Waals surface area contributed by atoms with Crippen LogP contribution in [-0.2, 0) is 17.6 Å². The highest BCUT2D eigenvalue weighted by Gasteiger charge is 2.33. The molecule has 0 spiro atoms. The quantitative estimate of drug-likeness (QED) is 0.360. The largest absolute Gasteiger partial charge is 0.454 e. The number of thiophene rings is 1. The van der Waals surface area contributed by atoms with Crippen LogP contribution in [0.15, 0.2) is 36.4 Å². The lowest BCUT2D eigenvalue weighted by Gasteiger charge is -2.35. The number of pyridine rings is 1. The van der Waals surface area contributed by atoms with Crippen LogP contribution in [0, 0.1) is 11.3 Å². The Balaban J connectivity index is 1.68. The second-order valence-corrected chi connectivity index (χ2v) is 10.6. The fourth-order valence-electron chi connectivity index (χ4n) is 4.10. The third-order valence-electron chi connectivity index (χ3n) is 5.87. The molecule has 156 valence electrons. The van der Waals surface area contributed by atoms with Crippen molar-refractivity contribution in [3.05, 3.63) is 62.4 Å². The van der Waals surface area contributed by atoms with E-state index >= 15 is 0 Å². The average Bonchev–Trinajstić information content (AvgIpc) is 3.15. The van der Waals surface area contributed by atoms with E-state index in [9.17, 15) is 9.59 Å². The van der Waals surface area contributed by atoms with Gasteiger partial charge < -0.3 is 4.74 Å². The van der Waals surface area contributed by atoms with Crippen molar-refractivity contribution in [2.45, 2.75) is 40.0 Å². The van der Waals surface area contributed by atoms with Gasteiger partial charge in [-0.2, -0.15) is 0 Å². The van der Waals surface area contributed by atoms with E-state index in [1.54, 1.807) is 12.1 Å². The summed E-state index contributed by atoms with van der Waals surface area (Å²) in [6.07, 6.45) is 2.68. The van der Waals surface area contributed by atoms with Gasteiger partial charge in [0.1, 0.15) is 0 Å². The van der Waals surface area contributed by atoms with Gasteiger partial charge in [0.15, 0.2) is 6.61 Å². The van der Waals surface area contributed by atoms with Crippen molar-refractivity contribution in [3.8, 4) is 0 Å². The van der Waals surface area contributed by atoms with Gasteiger partial charge in [0, 0.05) is 11.1 Å². The predicted octanol–water partition coefficient (Wildman–Crippen LogP) is 6.14. The van der Waals surface area contributed by atoms with Crippen molar-refractivity contribution >= 4 is 45.6 Å². The van der Waals surface area contributed by atoms with Crippen molar-refractivity contribution in [1.29, 1.82) is 0 Å². The van der Waals surface area contributed by atoms with Crippen molar-refractivity contribution in [1.82, 2.24) is 4.98 Å². The number of fused-ring (bicyclic) bond motifs is 2. The van der Waals surface area contributed by atoms with Crippen LogP contribution in [0.25, 0.3) is 10.9 Å². The van der Waals surface area contributed by atoms with Gasteiger partial charge in [-0.05, 0) is 54.4 Å². The fourth-order valence-corrected chi connectivity index (χ4v) is 5.07. The maximum atomic E-state index is 13.2. The minimum absolute atomic E-state index is 0.138. The number of nitrogens with zero attached hydrogens (tertiary/aromatic N) is 1. The number of rotatable bonds is 4. The van der Waals surface area contributed by atoms with E-state index in [0.29, 0.717) is 20.7 Å². The highest BCUT2D eigenvalue weighted by Crippen LogP contribution is 2.39. The van der Waals surface area contributed by atoms with Crippen LogP contribution in [-0.4, -0.2) is 23.3 Å². The van der Waals surface area contributed by atoms with Gasteiger partial charge in [0.2, 0.25) is 5.78 Å². The van der Waals surface area contributed by atoms with Crippen molar-refractivity contribution < 1.29 is 14.3 Å². The van der Waals surface area contributed by atoms with Gasteiger partial charge >= 0.3 is 5.97 Å². The number of aromatic nitrogens is 1. The van der Waals surface area contributed by atoms with Gasteiger partial charge in [-0.3, -0.25) is 9.78 Å². The van der Waals surface area contributed by atoms with Gasteiger partial charge in [-0.1, -0.05) is 50.6 Å². The first-order valence-electron chi connectivity index (χ1n) is 10.1. The van der Waals surface area contributed by atoms with Gasteiger partial charge in [0.25, 0.3) is 0 Å². The van der Waals surface area contributed by atoms with E-state index in [-0.39, 0.29) is 17.8 Å². The maximum Gasteiger partial charge on any atom is 0.339 e. The molecule has 2 aromatic heterocycles. The molecule has 0 radical (unpaired) electrons. The minimum Gasteiger partial charge on any atom is -0.454 e. The van der Waals surface area contributed by atoms with E-state index in [2.05, 4.69) is 20.8 Å². The standard InChI is InChI=1S/C24H24ClNO3S/c1-24(2,3)14-8-9-18-16(12-14)22(15-6-4-5-7-17(15)26-18)23(28)29-13-19(27)20-10-11-21(25)30-20/h4-7,10-11,14H,8-9,12-13H2,1-3H3/t14-/m0/s1. The molecule has 1 aliphatic carbocycles. The summed E-state index contributed by atoms with van der Waals surface area (Å²) in [4.78, 5) is 30.9. The molecule has 1 aliphatic rings. The summed E-state index contributed by atoms with van der Waals surface area (Å²) in [5.74, 6) is -0.259. The summed E-state index contributed by atoms with van der Waals surface area (Å²) in [6.45, 7) is 6.41. The van der Waals surface area contributed by atoms with Gasteiger partial charge in [-0.15, -0.1) is 11.3 Å². The topological polar surface area (TPSA) is 56.3 Å². The lowest BCUT2D eigenvalue weighted by atomic mass is 9.70. The molecule has 1 atom stereocenters. The van der Waals surface area contributed by atoms with E-state index in [1.165, 1.54) is 11.3 Å². The lowest BCUT2D eigenvalue weighted by molar-refractivity contribution is 0.0475. The second kappa shape index (κ2) is 8.12. The number of hydrogen-bond acceptors (Lipinski definition) is 5. The normalized spacial score (nSPS) is 16.3. The van der Waals surface area contributed by atoms with Crippen LogP contribution in [0.3, 0.4) is 0 Å². The zero-order chi connectivity index (χ0) is 21.5. The van der Waals surface area contributed by atoms with E-state index in [0.717, 1.165) is 41.4 Å². The smallest absolute Gasteiger partial charge is 0.339 e. The Morgan fingerprint density at radius 3 is 2.67 bits per heavy atom. The number of para-hydroxylation sites is 1. The summed E-state index contributed by atoms with van der Waals surface area (Å²) in [6, 6.07) is 11.0. The first-order chi connectivity index (χ1) is 14.2. The van der Waals surface area contributed by atoms with E-state index in [4.69, 9.17) is 21.3 Å². The SMILES string of the molecule is CC(C)(C)[C@H]1CCc2nc3ccccc3c(C(=O)OCC(=O)c3ccc(Cl)s3)c2C1. The number of benzene rings is 1. The fraction of sp³-hybridized carbons (Fsp3) is 0.375. The average molecular weight is 442 g/mol. The number of esters is 1. The Bertz CT molecular complexity index is 1130. The van der Waals surface area contributed by atoms with E-state index < -0.39 is 5.97 Å². The number of halogens is 1. The highest BCUT2D eigenvalue weighted by atomic mass is 35.5. The molecular formula is C24H24ClNO3S. The van der Waals surface area contributed by atoms with Crippen molar-refractivity contribution in [2.75, 3.05) is 6.61 Å². The summed E-state index contributed by atoms with van der Waals surface area (Å²) < 4.78 is 6.03. The van der Waals surface area contributed by atoms with Crippen molar-refractivity contribution in [3.63, 3.8) is 0 Å². The van der Waals surface area contributed by atoms with Crippen LogP contribution in [0.4, 0.5) is 0 Å². The third-order valence-corrected chi connectivity index (χ3v) is 7.14. The Morgan fingerprint density at radius 2 is 1.97 bits per heavy atom. The van der Waals surface area contributed by atoms with Crippen LogP contribution >= 0.6 is 22.9 Å². The Hall–Kier alpha value is -2.24. The van der Waals surface area contributed by atoms with Crippen molar-refractivity contribution in [2.24, 2.45) is 11.3 Å². The summed E-state index contributed by atoms with van der Waals surface area (Å²) in [5.41, 5.74) is 3.42. The molecule has 2 heterocycles. The molecule has 0 fully saturated rings. The molecule has 0 N–H and O–H groups in total. The Morgan fingerprint density at radius 1 is 1.20 bits per heavy atom. The first-order valence-corrected chi connectivity index (χ1v) is 11.3. The second-order valence-electron chi connectivity index (χ2n) is 8.84. The number of carbonyl (C=O) groups is 2. The Labute approximate surface area is 185 Å². The summed E-state index contributed by atoms with van der Waals surface area (Å²) >= 11 is 7.10. The van der Waals surface area contributed by atoms with Crippen LogP contribution in [0.2, 0.25) is 4.34 Å². The number of carbonyl (C=O) groups excluding carboxylic acids is 2. The van der Waals surface area contributed by atoms with Crippen LogP contribution in [0.1, 0.15) is 58.5 Å². The molecule has 4 rings (SSSR count). The number of ether oxygens (including phenoxy) is 1. The van der Waals surface area contributed by atoms with Gasteiger partial charge in [0.05, 0.1) is 20.3 Å². The zero-order valence-corrected chi connectivity index (χ0v) is 18.9. The minimum atomic E-state index is -0.463. The van der Waals surface area contributed by atoms with Crippen LogP contribution in [0.5, 0.6) is 0 Å². The number of Topliss-reactive ketones (excluding diaryl/α,β-unsaturated/α-hetero) is 1. The molecule has 4 nitrogen and oxygen atoms in total. The van der Waals surface area contributed by atoms with Crippen LogP contribution < -0.4 is 0 Å². The summed E-state index contributed by atoms with van der Waals surface area (Å²) in [7, 11) is 0. The number of ketones is 1. The molecule has 0 amide bonds. The molecule has 0 saturated carbocycles. The molecule has 30 heavy (non-hydrogen) atoms. The molecule has 0 bridgehead atoms. The number of aryl methyl sites for hydroxylation is 1. The molecule has 6 heteroatoms. The summed E-state index contributed by atoms with van der Waals surface area (Å²) in [5, 5.41) is 0.780. The molecule has 0 unspecified atom stereocenters. The Kier molecular flexibility index (Phi) is 5.69. The lowest BCUT2D eigenvalue weighted by Crippen LogP contribution is -2.29. The monoisotopic (exact) mass is 441 g/mol. The first kappa shape index (κ1) is 21.0. The number of hydrogen-bond donors (Lipinski definition) is 0. The molecule has 0 aliphatic heterocycles.